The van der Waals surface area contributed by atoms with Crippen molar-refractivity contribution < 1.29 is 9.47 Å². The maximum Gasteiger partial charge on any atom is 0.121 e. The molecule has 5 nitrogen and oxygen atoms in total. The summed E-state index contributed by atoms with van der Waals surface area (Å²) in [4.78, 5) is 7.91. The van der Waals surface area contributed by atoms with E-state index in [-0.39, 0.29) is 0 Å². The Labute approximate surface area is 118 Å². The van der Waals surface area contributed by atoms with E-state index in [1.165, 1.54) is 12.8 Å². The third kappa shape index (κ3) is 3.11. The van der Waals surface area contributed by atoms with E-state index >= 15 is 0 Å². The van der Waals surface area contributed by atoms with Crippen molar-refractivity contribution in [2.45, 2.75) is 25.4 Å². The molecule has 0 aliphatic carbocycles. The van der Waals surface area contributed by atoms with Crippen LogP contribution in [0.3, 0.4) is 0 Å². The highest BCUT2D eigenvalue weighted by Crippen LogP contribution is 2.18. The number of imidazole rings is 1. The molecule has 1 aromatic heterocycles. The number of nitrogens with one attached hydrogen (secondary N) is 2. The summed E-state index contributed by atoms with van der Waals surface area (Å²) >= 11 is 0. The second-order valence-electron chi connectivity index (χ2n) is 5.16. The predicted octanol–water partition coefficient (Wildman–Crippen LogP) is 1.88. The van der Waals surface area contributed by atoms with Gasteiger partial charge in [-0.3, -0.25) is 0 Å². The quantitative estimate of drug-likeness (QED) is 0.790. The number of benzene rings is 1. The van der Waals surface area contributed by atoms with Crippen LogP contribution in [-0.4, -0.2) is 42.9 Å². The van der Waals surface area contributed by atoms with Crippen molar-refractivity contribution in [2.75, 3.05) is 26.8 Å². The van der Waals surface area contributed by atoms with E-state index in [9.17, 15) is 0 Å². The zero-order valence-electron chi connectivity index (χ0n) is 11.8. The average Bonchev–Trinajstić information content (AvgIpc) is 3.11. The largest absolute Gasteiger partial charge is 0.497 e. The first-order valence-electron chi connectivity index (χ1n) is 7.20. The molecule has 1 unspecified atom stereocenters. The Morgan fingerprint density at radius 2 is 2.45 bits per heavy atom. The summed E-state index contributed by atoms with van der Waals surface area (Å²) in [5.41, 5.74) is 2.01. The van der Waals surface area contributed by atoms with Gasteiger partial charge in [-0.15, -0.1) is 0 Å². The summed E-state index contributed by atoms with van der Waals surface area (Å²) in [6.07, 6.45) is 3.66. The minimum atomic E-state index is 0.398. The van der Waals surface area contributed by atoms with Crippen molar-refractivity contribution in [3.63, 3.8) is 0 Å². The topological polar surface area (TPSA) is 59.2 Å². The molecule has 0 bridgehead atoms. The van der Waals surface area contributed by atoms with E-state index in [2.05, 4.69) is 15.3 Å². The lowest BCUT2D eigenvalue weighted by Gasteiger charge is -2.09. The fourth-order valence-corrected chi connectivity index (χ4v) is 2.56. The molecule has 1 aliphatic heterocycles. The molecule has 5 heteroatoms. The molecule has 1 fully saturated rings. The predicted molar refractivity (Wildman–Crippen MR) is 78.2 cm³/mol. The fraction of sp³-hybridized carbons (Fsp3) is 0.533. The van der Waals surface area contributed by atoms with Crippen molar-refractivity contribution in [3.8, 4) is 5.75 Å². The molecule has 1 aliphatic rings. The molecule has 2 N–H and O–H groups in total. The first kappa shape index (κ1) is 13.4. The number of fused-ring (bicyclic) bond motifs is 1. The van der Waals surface area contributed by atoms with Crippen LogP contribution in [0, 0.1) is 0 Å². The van der Waals surface area contributed by atoms with Crippen molar-refractivity contribution in [1.82, 2.24) is 15.3 Å². The van der Waals surface area contributed by atoms with Gasteiger partial charge in [0.2, 0.25) is 0 Å². The molecule has 0 spiro atoms. The van der Waals surface area contributed by atoms with Crippen LogP contribution in [-0.2, 0) is 11.2 Å². The van der Waals surface area contributed by atoms with Crippen molar-refractivity contribution in [1.29, 1.82) is 0 Å². The van der Waals surface area contributed by atoms with Gasteiger partial charge < -0.3 is 19.8 Å². The molecule has 1 aromatic carbocycles. The Kier molecular flexibility index (Phi) is 4.18. The number of nitrogens with zero attached hydrogens (tertiary/aromatic N) is 1. The van der Waals surface area contributed by atoms with Crippen LogP contribution < -0.4 is 10.1 Å². The molecule has 108 valence electrons. The standard InChI is InChI=1S/C15H21N3O2/c1-19-11-4-5-13-14(9-11)18-15(17-13)6-7-16-10-12-3-2-8-20-12/h4-5,9,12,16H,2-3,6-8,10H2,1H3,(H,17,18). The maximum absolute atomic E-state index is 5.58. The number of methoxy groups -OCH3 is 1. The third-order valence-electron chi connectivity index (χ3n) is 3.67. The highest BCUT2D eigenvalue weighted by atomic mass is 16.5. The second kappa shape index (κ2) is 6.24. The average molecular weight is 275 g/mol. The maximum atomic E-state index is 5.58. The van der Waals surface area contributed by atoms with E-state index in [1.54, 1.807) is 7.11 Å². The molecule has 0 amide bonds. The van der Waals surface area contributed by atoms with Gasteiger partial charge in [-0.05, 0) is 25.0 Å². The summed E-state index contributed by atoms with van der Waals surface area (Å²) in [6, 6.07) is 5.89. The number of aromatic amines is 1. The zero-order chi connectivity index (χ0) is 13.8. The normalized spacial score (nSPS) is 18.8. The highest BCUT2D eigenvalue weighted by molar-refractivity contribution is 5.76. The number of aromatic nitrogens is 2. The molecule has 1 atom stereocenters. The Morgan fingerprint density at radius 1 is 1.50 bits per heavy atom. The first-order chi connectivity index (χ1) is 9.85. The fourth-order valence-electron chi connectivity index (χ4n) is 2.56. The Hall–Kier alpha value is -1.59. The number of hydrogen-bond acceptors (Lipinski definition) is 4. The van der Waals surface area contributed by atoms with Gasteiger partial charge in [0.05, 0.1) is 24.2 Å². The molecule has 2 aromatic rings. The number of H-pyrrole nitrogens is 1. The lowest BCUT2D eigenvalue weighted by molar-refractivity contribution is 0.110. The van der Waals surface area contributed by atoms with Crippen LogP contribution in [0.2, 0.25) is 0 Å². The second-order valence-corrected chi connectivity index (χ2v) is 5.16. The summed E-state index contributed by atoms with van der Waals surface area (Å²) < 4.78 is 10.8. The summed E-state index contributed by atoms with van der Waals surface area (Å²) in [5, 5.41) is 3.43. The van der Waals surface area contributed by atoms with E-state index in [0.29, 0.717) is 6.10 Å². The molecule has 2 heterocycles. The Bertz CT molecular complexity index is 561. The van der Waals surface area contributed by atoms with Crippen LogP contribution in [0.25, 0.3) is 11.0 Å². The van der Waals surface area contributed by atoms with Crippen molar-refractivity contribution in [2.24, 2.45) is 0 Å². The SMILES string of the molecule is COc1ccc2nc(CCNCC3CCCO3)[nH]c2c1. The van der Waals surface area contributed by atoms with Gasteiger partial charge in [0.15, 0.2) is 0 Å². The van der Waals surface area contributed by atoms with Crippen LogP contribution >= 0.6 is 0 Å². The summed E-state index contributed by atoms with van der Waals surface area (Å²) in [5.74, 6) is 1.86. The van der Waals surface area contributed by atoms with Crippen molar-refractivity contribution >= 4 is 11.0 Å². The Morgan fingerprint density at radius 3 is 3.25 bits per heavy atom. The van der Waals surface area contributed by atoms with Gasteiger partial charge in [0.1, 0.15) is 11.6 Å². The highest BCUT2D eigenvalue weighted by Gasteiger charge is 2.14. The first-order valence-corrected chi connectivity index (χ1v) is 7.20. The number of hydrogen-bond donors (Lipinski definition) is 2. The molecular weight excluding hydrogens is 254 g/mol. The van der Waals surface area contributed by atoms with Crippen LogP contribution in [0.15, 0.2) is 18.2 Å². The summed E-state index contributed by atoms with van der Waals surface area (Å²) in [6.45, 7) is 2.77. The van der Waals surface area contributed by atoms with E-state index in [0.717, 1.165) is 48.7 Å². The molecule has 3 rings (SSSR count). The third-order valence-corrected chi connectivity index (χ3v) is 3.67. The summed E-state index contributed by atoms with van der Waals surface area (Å²) in [7, 11) is 1.67. The molecule has 0 radical (unpaired) electrons. The van der Waals surface area contributed by atoms with Gasteiger partial charge in [0.25, 0.3) is 0 Å². The molecule has 20 heavy (non-hydrogen) atoms. The minimum Gasteiger partial charge on any atom is -0.497 e. The minimum absolute atomic E-state index is 0.398. The van der Waals surface area contributed by atoms with Crippen LogP contribution in [0.5, 0.6) is 5.75 Å². The van der Waals surface area contributed by atoms with Gasteiger partial charge in [-0.25, -0.2) is 4.98 Å². The number of ether oxygens (including phenoxy) is 2. The van der Waals surface area contributed by atoms with Crippen molar-refractivity contribution in [3.05, 3.63) is 24.0 Å². The van der Waals surface area contributed by atoms with E-state index in [4.69, 9.17) is 9.47 Å². The van der Waals surface area contributed by atoms with Gasteiger partial charge in [-0.2, -0.15) is 0 Å². The van der Waals surface area contributed by atoms with E-state index in [1.807, 2.05) is 18.2 Å². The van der Waals surface area contributed by atoms with Crippen LogP contribution in [0.1, 0.15) is 18.7 Å². The molecular formula is C15H21N3O2. The zero-order valence-corrected chi connectivity index (χ0v) is 11.8. The monoisotopic (exact) mass is 275 g/mol. The lowest BCUT2D eigenvalue weighted by Crippen LogP contribution is -2.28. The molecule has 1 saturated heterocycles. The van der Waals surface area contributed by atoms with Gasteiger partial charge >= 0.3 is 0 Å². The van der Waals surface area contributed by atoms with Crippen LogP contribution in [0.4, 0.5) is 0 Å². The lowest BCUT2D eigenvalue weighted by atomic mass is 10.2. The Balaban J connectivity index is 1.52. The molecule has 0 saturated carbocycles. The smallest absolute Gasteiger partial charge is 0.121 e. The van der Waals surface area contributed by atoms with Gasteiger partial charge in [0, 0.05) is 32.2 Å². The number of rotatable bonds is 6. The van der Waals surface area contributed by atoms with Gasteiger partial charge in [-0.1, -0.05) is 0 Å². The van der Waals surface area contributed by atoms with E-state index < -0.39 is 0 Å².